The molecule has 5 nitrogen and oxygen atoms in total. The molecule has 19 heavy (non-hydrogen) atoms. The van der Waals surface area contributed by atoms with Crippen LogP contribution < -0.4 is 0 Å². The lowest BCUT2D eigenvalue weighted by atomic mass is 10.0. The van der Waals surface area contributed by atoms with Crippen LogP contribution in [0.15, 0.2) is 11.1 Å². The fourth-order valence-electron chi connectivity index (χ4n) is 3.01. The summed E-state index contributed by atoms with van der Waals surface area (Å²) < 4.78 is 0. The molecule has 0 aromatic carbocycles. The van der Waals surface area contributed by atoms with Crippen molar-refractivity contribution in [3.8, 4) is 0 Å². The lowest BCUT2D eigenvalue weighted by Crippen LogP contribution is -2.57. The van der Waals surface area contributed by atoms with Crippen LogP contribution in [0.3, 0.4) is 0 Å². The van der Waals surface area contributed by atoms with Crippen LogP contribution in [0.2, 0.25) is 0 Å². The molecule has 0 aliphatic carbocycles. The monoisotopic (exact) mass is 266 g/mol. The first-order valence-corrected chi connectivity index (χ1v) is 6.87. The molecule has 2 fully saturated rings. The molecule has 0 saturated carbocycles. The minimum absolute atomic E-state index is 0.126. The first-order valence-electron chi connectivity index (χ1n) is 6.87. The molecule has 0 aromatic rings. The van der Waals surface area contributed by atoms with E-state index in [9.17, 15) is 9.59 Å². The van der Waals surface area contributed by atoms with Gasteiger partial charge in [-0.3, -0.25) is 9.69 Å². The molecule has 1 amide bonds. The van der Waals surface area contributed by atoms with E-state index in [2.05, 4.69) is 4.90 Å². The number of hydrogen-bond acceptors (Lipinski definition) is 3. The summed E-state index contributed by atoms with van der Waals surface area (Å²) in [5.41, 5.74) is 0.497. The van der Waals surface area contributed by atoms with Crippen molar-refractivity contribution in [3.63, 3.8) is 0 Å². The number of aliphatic carboxylic acids is 1. The number of fused-ring (bicyclic) bond motifs is 1. The number of carboxylic acid groups (broad SMARTS) is 1. The van der Waals surface area contributed by atoms with E-state index in [0.717, 1.165) is 26.1 Å². The molecule has 2 heterocycles. The first kappa shape index (κ1) is 14.1. The number of amides is 1. The van der Waals surface area contributed by atoms with Crippen LogP contribution >= 0.6 is 0 Å². The standard InChI is InChI=1S/C14H22N2O3/c1-9-7-15-6-4-5-12(15)8-16(9)13(17)10(2)11(3)14(18)19/h9,12H,4-8H2,1-3H3,(H,18,19). The van der Waals surface area contributed by atoms with Gasteiger partial charge in [0.2, 0.25) is 5.91 Å². The third kappa shape index (κ3) is 2.66. The SMILES string of the molecule is CC(C(=O)O)=C(C)C(=O)N1CC2CCCN2CC1C. The maximum absolute atomic E-state index is 12.4. The average Bonchev–Trinajstić information content (AvgIpc) is 2.81. The number of carbonyl (C=O) groups is 2. The van der Waals surface area contributed by atoms with Crippen molar-refractivity contribution in [1.29, 1.82) is 0 Å². The second kappa shape index (κ2) is 5.33. The smallest absolute Gasteiger partial charge is 0.331 e. The molecular weight excluding hydrogens is 244 g/mol. The third-order valence-electron chi connectivity index (χ3n) is 4.40. The number of piperazine rings is 1. The Morgan fingerprint density at radius 1 is 1.16 bits per heavy atom. The molecule has 1 N–H and O–H groups in total. The molecule has 0 radical (unpaired) electrons. The molecular formula is C14H22N2O3. The summed E-state index contributed by atoms with van der Waals surface area (Å²) in [5, 5.41) is 8.98. The summed E-state index contributed by atoms with van der Waals surface area (Å²) in [5.74, 6) is -1.14. The first-order chi connectivity index (χ1) is 8.91. The Kier molecular flexibility index (Phi) is 3.94. The van der Waals surface area contributed by atoms with Gasteiger partial charge in [-0.25, -0.2) is 4.79 Å². The van der Waals surface area contributed by atoms with E-state index in [-0.39, 0.29) is 17.5 Å². The quantitative estimate of drug-likeness (QED) is 0.760. The zero-order valence-electron chi connectivity index (χ0n) is 11.8. The van der Waals surface area contributed by atoms with Crippen LogP contribution in [0.25, 0.3) is 0 Å². The molecule has 5 heteroatoms. The molecule has 2 atom stereocenters. The topological polar surface area (TPSA) is 60.9 Å². The van der Waals surface area contributed by atoms with Crippen LogP contribution in [-0.2, 0) is 9.59 Å². The Morgan fingerprint density at radius 3 is 2.47 bits per heavy atom. The van der Waals surface area contributed by atoms with Gasteiger partial charge in [-0.2, -0.15) is 0 Å². The summed E-state index contributed by atoms with van der Waals surface area (Å²) in [4.78, 5) is 27.7. The van der Waals surface area contributed by atoms with Crippen LogP contribution in [0.1, 0.15) is 33.6 Å². The van der Waals surface area contributed by atoms with Crippen molar-refractivity contribution in [2.24, 2.45) is 0 Å². The molecule has 106 valence electrons. The Bertz CT molecular complexity index is 430. The van der Waals surface area contributed by atoms with Crippen molar-refractivity contribution in [3.05, 3.63) is 11.1 Å². The van der Waals surface area contributed by atoms with Crippen molar-refractivity contribution in [2.75, 3.05) is 19.6 Å². The highest BCUT2D eigenvalue weighted by molar-refractivity contribution is 6.01. The average molecular weight is 266 g/mol. The summed E-state index contributed by atoms with van der Waals surface area (Å²) >= 11 is 0. The van der Waals surface area contributed by atoms with Gasteiger partial charge in [-0.05, 0) is 40.2 Å². The number of carbonyl (C=O) groups excluding carboxylic acids is 1. The lowest BCUT2D eigenvalue weighted by Gasteiger charge is -2.42. The normalized spacial score (nSPS) is 28.9. The van der Waals surface area contributed by atoms with Gasteiger partial charge < -0.3 is 10.0 Å². The summed E-state index contributed by atoms with van der Waals surface area (Å²) in [6.45, 7) is 7.89. The number of rotatable bonds is 2. The predicted molar refractivity (Wildman–Crippen MR) is 71.8 cm³/mol. The minimum atomic E-state index is -1.02. The number of nitrogens with zero attached hydrogens (tertiary/aromatic N) is 2. The zero-order chi connectivity index (χ0) is 14.2. The second-order valence-corrected chi connectivity index (χ2v) is 5.65. The van der Waals surface area contributed by atoms with E-state index >= 15 is 0 Å². The van der Waals surface area contributed by atoms with Gasteiger partial charge in [0.15, 0.2) is 0 Å². The fraction of sp³-hybridized carbons (Fsp3) is 0.714. The van der Waals surface area contributed by atoms with E-state index in [1.54, 1.807) is 6.92 Å². The fourth-order valence-corrected chi connectivity index (χ4v) is 3.01. The highest BCUT2D eigenvalue weighted by atomic mass is 16.4. The number of hydrogen-bond donors (Lipinski definition) is 1. The summed E-state index contributed by atoms with van der Waals surface area (Å²) in [6, 6.07) is 0.608. The predicted octanol–water partition coefficient (Wildman–Crippen LogP) is 1.10. The molecule has 0 aromatic heterocycles. The van der Waals surface area contributed by atoms with E-state index in [1.807, 2.05) is 11.8 Å². The highest BCUT2D eigenvalue weighted by Crippen LogP contribution is 2.25. The van der Waals surface area contributed by atoms with Crippen molar-refractivity contribution < 1.29 is 14.7 Å². The Hall–Kier alpha value is -1.36. The molecule has 0 spiro atoms. The zero-order valence-corrected chi connectivity index (χ0v) is 11.8. The molecule has 0 bridgehead atoms. The number of carboxylic acids is 1. The second-order valence-electron chi connectivity index (χ2n) is 5.65. The summed E-state index contributed by atoms with van der Waals surface area (Å²) in [7, 11) is 0. The molecule has 2 aliphatic heterocycles. The molecule has 2 aliphatic rings. The highest BCUT2D eigenvalue weighted by Gasteiger charge is 2.37. The molecule has 2 rings (SSSR count). The Labute approximate surface area is 113 Å². The minimum Gasteiger partial charge on any atom is -0.478 e. The van der Waals surface area contributed by atoms with Crippen molar-refractivity contribution in [1.82, 2.24) is 9.80 Å². The van der Waals surface area contributed by atoms with Crippen LogP contribution in [0, 0.1) is 0 Å². The van der Waals surface area contributed by atoms with Gasteiger partial charge in [0, 0.05) is 36.3 Å². The third-order valence-corrected chi connectivity index (χ3v) is 4.40. The van der Waals surface area contributed by atoms with E-state index in [1.165, 1.54) is 13.3 Å². The molecule has 2 unspecified atom stereocenters. The van der Waals surface area contributed by atoms with Gasteiger partial charge in [-0.1, -0.05) is 0 Å². The van der Waals surface area contributed by atoms with Crippen molar-refractivity contribution >= 4 is 11.9 Å². The summed E-state index contributed by atoms with van der Waals surface area (Å²) in [6.07, 6.45) is 2.33. The largest absolute Gasteiger partial charge is 0.478 e. The Morgan fingerprint density at radius 2 is 1.84 bits per heavy atom. The van der Waals surface area contributed by atoms with Crippen LogP contribution in [0.5, 0.6) is 0 Å². The maximum Gasteiger partial charge on any atom is 0.331 e. The van der Waals surface area contributed by atoms with E-state index in [0.29, 0.717) is 11.6 Å². The van der Waals surface area contributed by atoms with Crippen LogP contribution in [-0.4, -0.2) is 58.5 Å². The van der Waals surface area contributed by atoms with Gasteiger partial charge in [0.25, 0.3) is 0 Å². The Balaban J connectivity index is 2.15. The van der Waals surface area contributed by atoms with Gasteiger partial charge >= 0.3 is 5.97 Å². The van der Waals surface area contributed by atoms with Gasteiger partial charge in [0.1, 0.15) is 0 Å². The van der Waals surface area contributed by atoms with Crippen molar-refractivity contribution in [2.45, 2.75) is 45.7 Å². The molecule has 2 saturated heterocycles. The van der Waals surface area contributed by atoms with Gasteiger partial charge in [-0.15, -0.1) is 0 Å². The van der Waals surface area contributed by atoms with E-state index < -0.39 is 5.97 Å². The van der Waals surface area contributed by atoms with Crippen LogP contribution in [0.4, 0.5) is 0 Å². The maximum atomic E-state index is 12.4. The van der Waals surface area contributed by atoms with Gasteiger partial charge in [0.05, 0.1) is 0 Å². The van der Waals surface area contributed by atoms with E-state index in [4.69, 9.17) is 5.11 Å². The lowest BCUT2D eigenvalue weighted by molar-refractivity contribution is -0.135.